The first-order chi connectivity index (χ1) is 7.70. The molecule has 0 aliphatic heterocycles. The van der Waals surface area contributed by atoms with E-state index in [1.54, 1.807) is 11.8 Å². The van der Waals surface area contributed by atoms with Gasteiger partial charge in [0.05, 0.1) is 0 Å². The van der Waals surface area contributed by atoms with E-state index in [0.29, 0.717) is 9.57 Å². The van der Waals surface area contributed by atoms with Gasteiger partial charge in [0, 0.05) is 5.25 Å². The number of thiocarbonyl (C=S) groups is 1. The maximum atomic E-state index is 5.55. The highest BCUT2D eigenvalue weighted by atomic mass is 32.2. The van der Waals surface area contributed by atoms with E-state index in [-0.39, 0.29) is 0 Å². The van der Waals surface area contributed by atoms with Crippen molar-refractivity contribution in [1.82, 2.24) is 0 Å². The summed E-state index contributed by atoms with van der Waals surface area (Å²) >= 11 is 6.61. The van der Waals surface area contributed by atoms with Crippen molar-refractivity contribution in [3.63, 3.8) is 0 Å². The van der Waals surface area contributed by atoms with Gasteiger partial charge in [0.25, 0.3) is 0 Å². The third-order valence-corrected chi connectivity index (χ3v) is 4.29. The van der Waals surface area contributed by atoms with Crippen LogP contribution in [0.15, 0.2) is 0 Å². The quantitative estimate of drug-likeness (QED) is 0.448. The average Bonchev–Trinajstić information content (AvgIpc) is 2.25. The second-order valence-corrected chi connectivity index (χ2v) is 6.42. The van der Waals surface area contributed by atoms with E-state index < -0.39 is 0 Å². The highest BCUT2D eigenvalue weighted by molar-refractivity contribution is 8.23. The number of unbranched alkanes of at least 4 members (excludes halogenated alkanes) is 6. The Labute approximate surface area is 111 Å². The van der Waals surface area contributed by atoms with Gasteiger partial charge in [-0.15, -0.1) is 0 Å². The van der Waals surface area contributed by atoms with Gasteiger partial charge >= 0.3 is 0 Å². The summed E-state index contributed by atoms with van der Waals surface area (Å²) in [4.78, 5) is 0. The summed E-state index contributed by atoms with van der Waals surface area (Å²) in [7, 11) is 0. The zero-order valence-corrected chi connectivity index (χ0v) is 12.5. The predicted octanol–water partition coefficient (Wildman–Crippen LogP) is 4.88. The molecule has 0 fully saturated rings. The van der Waals surface area contributed by atoms with Gasteiger partial charge in [0.1, 0.15) is 4.32 Å². The van der Waals surface area contributed by atoms with Crippen molar-refractivity contribution >= 4 is 28.3 Å². The van der Waals surface area contributed by atoms with Crippen LogP contribution in [0.5, 0.6) is 0 Å². The molecule has 0 rings (SSSR count). The molecule has 0 aromatic heterocycles. The molecule has 16 heavy (non-hydrogen) atoms. The first kappa shape index (κ1) is 16.2. The molecule has 1 nitrogen and oxygen atoms in total. The number of rotatable bonds is 10. The molecule has 1 atom stereocenters. The topological polar surface area (TPSA) is 26.0 Å². The molecule has 0 radical (unpaired) electrons. The molecule has 0 aromatic carbocycles. The molecule has 0 saturated heterocycles. The van der Waals surface area contributed by atoms with Crippen molar-refractivity contribution in [1.29, 1.82) is 0 Å². The van der Waals surface area contributed by atoms with Crippen molar-refractivity contribution in [3.05, 3.63) is 0 Å². The van der Waals surface area contributed by atoms with Gasteiger partial charge in [-0.3, -0.25) is 0 Å². The molecular formula is C13H27NS2. The first-order valence-electron chi connectivity index (χ1n) is 6.66. The minimum Gasteiger partial charge on any atom is -0.385 e. The Morgan fingerprint density at radius 3 is 2.12 bits per heavy atom. The summed E-state index contributed by atoms with van der Waals surface area (Å²) in [6.07, 6.45) is 12.1. The maximum absolute atomic E-state index is 5.55. The van der Waals surface area contributed by atoms with Crippen LogP contribution >= 0.6 is 24.0 Å². The van der Waals surface area contributed by atoms with Crippen LogP contribution in [0.1, 0.15) is 71.6 Å². The monoisotopic (exact) mass is 261 g/mol. The first-order valence-corrected chi connectivity index (χ1v) is 7.95. The van der Waals surface area contributed by atoms with Crippen LogP contribution in [0.2, 0.25) is 0 Å². The van der Waals surface area contributed by atoms with Crippen LogP contribution in [-0.4, -0.2) is 9.57 Å². The van der Waals surface area contributed by atoms with Crippen LogP contribution in [-0.2, 0) is 0 Å². The normalized spacial score (nSPS) is 12.6. The lowest BCUT2D eigenvalue weighted by Crippen LogP contribution is -2.10. The molecule has 0 aromatic rings. The Hall–Kier alpha value is 0.240. The van der Waals surface area contributed by atoms with E-state index in [9.17, 15) is 0 Å². The SMILES string of the molecule is CCCCCCCCCC(CC)SC(N)=S. The summed E-state index contributed by atoms with van der Waals surface area (Å²) in [5.74, 6) is 0. The number of hydrogen-bond donors (Lipinski definition) is 1. The molecular weight excluding hydrogens is 234 g/mol. The molecule has 0 spiro atoms. The summed E-state index contributed by atoms with van der Waals surface area (Å²) < 4.78 is 0.606. The fraction of sp³-hybridized carbons (Fsp3) is 0.923. The largest absolute Gasteiger partial charge is 0.385 e. The Bertz CT molecular complexity index is 171. The van der Waals surface area contributed by atoms with E-state index in [1.165, 1.54) is 57.8 Å². The van der Waals surface area contributed by atoms with Gasteiger partial charge in [-0.1, -0.05) is 82.8 Å². The van der Waals surface area contributed by atoms with E-state index in [1.807, 2.05) is 0 Å². The second-order valence-electron chi connectivity index (χ2n) is 4.38. The zero-order chi connectivity index (χ0) is 12.2. The lowest BCUT2D eigenvalue weighted by molar-refractivity contribution is 0.567. The Kier molecular flexibility index (Phi) is 11.9. The van der Waals surface area contributed by atoms with Crippen molar-refractivity contribution in [2.24, 2.45) is 5.73 Å². The third-order valence-electron chi connectivity index (χ3n) is 2.87. The second kappa shape index (κ2) is 11.7. The average molecular weight is 262 g/mol. The van der Waals surface area contributed by atoms with Crippen LogP contribution in [0.3, 0.4) is 0 Å². The van der Waals surface area contributed by atoms with E-state index in [4.69, 9.17) is 18.0 Å². The highest BCUT2D eigenvalue weighted by Gasteiger charge is 2.07. The fourth-order valence-electron chi connectivity index (χ4n) is 1.84. The predicted molar refractivity (Wildman–Crippen MR) is 81.1 cm³/mol. The fourth-order valence-corrected chi connectivity index (χ4v) is 3.03. The minimum absolute atomic E-state index is 0.606. The summed E-state index contributed by atoms with van der Waals surface area (Å²) in [5.41, 5.74) is 5.55. The van der Waals surface area contributed by atoms with Crippen molar-refractivity contribution < 1.29 is 0 Å². The third kappa shape index (κ3) is 10.7. The molecule has 96 valence electrons. The van der Waals surface area contributed by atoms with Gasteiger partial charge in [0.2, 0.25) is 0 Å². The van der Waals surface area contributed by atoms with Crippen LogP contribution in [0, 0.1) is 0 Å². The molecule has 0 amide bonds. The molecule has 0 bridgehead atoms. The van der Waals surface area contributed by atoms with Crippen LogP contribution < -0.4 is 5.73 Å². The van der Waals surface area contributed by atoms with Gasteiger partial charge in [-0.05, 0) is 12.8 Å². The van der Waals surface area contributed by atoms with Crippen molar-refractivity contribution in [2.45, 2.75) is 76.9 Å². The zero-order valence-electron chi connectivity index (χ0n) is 10.8. The van der Waals surface area contributed by atoms with Gasteiger partial charge in [0.15, 0.2) is 0 Å². The Morgan fingerprint density at radius 1 is 1.06 bits per heavy atom. The highest BCUT2D eigenvalue weighted by Crippen LogP contribution is 2.21. The van der Waals surface area contributed by atoms with Gasteiger partial charge in [-0.2, -0.15) is 0 Å². The molecule has 1 unspecified atom stereocenters. The number of hydrogen-bond acceptors (Lipinski definition) is 2. The molecule has 0 aliphatic rings. The van der Waals surface area contributed by atoms with E-state index in [0.717, 1.165) is 0 Å². The summed E-state index contributed by atoms with van der Waals surface area (Å²) in [5, 5.41) is 0.646. The molecule has 0 aliphatic carbocycles. The standard InChI is InChI=1S/C13H27NS2/c1-3-5-6-7-8-9-10-11-12(4-2)16-13(14)15/h12H,3-11H2,1-2H3,(H2,14,15). The van der Waals surface area contributed by atoms with Crippen molar-refractivity contribution in [3.8, 4) is 0 Å². The maximum Gasteiger partial charge on any atom is 0.131 e. The number of thioether (sulfide) groups is 1. The summed E-state index contributed by atoms with van der Waals surface area (Å²) in [6.45, 7) is 4.48. The Morgan fingerprint density at radius 2 is 1.62 bits per heavy atom. The minimum atomic E-state index is 0.606. The molecule has 2 N–H and O–H groups in total. The Balaban J connectivity index is 3.31. The summed E-state index contributed by atoms with van der Waals surface area (Å²) in [6, 6.07) is 0. The lowest BCUT2D eigenvalue weighted by atomic mass is 10.1. The smallest absolute Gasteiger partial charge is 0.131 e. The van der Waals surface area contributed by atoms with Crippen molar-refractivity contribution in [2.75, 3.05) is 0 Å². The lowest BCUT2D eigenvalue weighted by Gasteiger charge is -2.12. The van der Waals surface area contributed by atoms with Crippen LogP contribution in [0.4, 0.5) is 0 Å². The van der Waals surface area contributed by atoms with Crippen LogP contribution in [0.25, 0.3) is 0 Å². The van der Waals surface area contributed by atoms with E-state index in [2.05, 4.69) is 13.8 Å². The van der Waals surface area contributed by atoms with E-state index >= 15 is 0 Å². The number of nitrogens with two attached hydrogens (primary N) is 1. The molecule has 3 heteroatoms. The van der Waals surface area contributed by atoms with Gasteiger partial charge < -0.3 is 5.73 Å². The molecule has 0 saturated carbocycles. The van der Waals surface area contributed by atoms with Gasteiger partial charge in [-0.25, -0.2) is 0 Å². The molecule has 0 heterocycles.